The molecule has 1 aliphatic carbocycles. The average Bonchev–Trinajstić information content (AvgIpc) is 3.32. The molecule has 1 saturated carbocycles. The first-order valence-corrected chi connectivity index (χ1v) is 11.0. The summed E-state index contributed by atoms with van der Waals surface area (Å²) in [6.07, 6.45) is 6.10. The van der Waals surface area contributed by atoms with Gasteiger partial charge in [0.2, 0.25) is 15.9 Å². The predicted molar refractivity (Wildman–Crippen MR) is 108 cm³/mol. The van der Waals surface area contributed by atoms with Gasteiger partial charge in [0.05, 0.1) is 4.90 Å². The van der Waals surface area contributed by atoms with Crippen molar-refractivity contribution in [1.29, 1.82) is 0 Å². The van der Waals surface area contributed by atoms with Crippen molar-refractivity contribution in [2.24, 2.45) is 11.7 Å². The van der Waals surface area contributed by atoms with Gasteiger partial charge in [-0.3, -0.25) is 4.79 Å². The highest BCUT2D eigenvalue weighted by Gasteiger charge is 2.28. The summed E-state index contributed by atoms with van der Waals surface area (Å²) >= 11 is 0. The van der Waals surface area contributed by atoms with E-state index >= 15 is 0 Å². The molecule has 8 heteroatoms. The number of rotatable bonds is 7. The van der Waals surface area contributed by atoms with Crippen molar-refractivity contribution in [3.63, 3.8) is 0 Å². The molecule has 2 aliphatic rings. The van der Waals surface area contributed by atoms with Gasteiger partial charge in [0.25, 0.3) is 0 Å². The lowest BCUT2D eigenvalue weighted by atomic mass is 10.0. The molecule has 1 aromatic carbocycles. The largest absolute Gasteiger partial charge is 0.353 e. The Morgan fingerprint density at radius 3 is 2.41 bits per heavy atom. The molecule has 152 valence electrons. The molecule has 3 rings (SSSR count). The van der Waals surface area contributed by atoms with Gasteiger partial charge in [-0.25, -0.2) is 8.42 Å². The molecule has 2 atom stereocenters. The zero-order valence-corrected chi connectivity index (χ0v) is 17.2. The minimum absolute atomic E-state index is 0. The van der Waals surface area contributed by atoms with Crippen LogP contribution in [0.4, 0.5) is 0 Å². The lowest BCUT2D eigenvalue weighted by Gasteiger charge is -2.19. The molecule has 0 spiro atoms. The topological polar surface area (TPSA) is 92.5 Å². The maximum absolute atomic E-state index is 12.5. The fourth-order valence-electron chi connectivity index (χ4n) is 3.95. The van der Waals surface area contributed by atoms with Crippen molar-refractivity contribution in [3.05, 3.63) is 29.8 Å². The summed E-state index contributed by atoms with van der Waals surface area (Å²) in [6, 6.07) is 7.15. The maximum Gasteiger partial charge on any atom is 0.243 e. The summed E-state index contributed by atoms with van der Waals surface area (Å²) in [5.74, 6) is 0.443. The van der Waals surface area contributed by atoms with Crippen molar-refractivity contribution in [2.45, 2.75) is 55.9 Å². The normalized spacial score (nSPS) is 23.1. The van der Waals surface area contributed by atoms with Crippen molar-refractivity contribution in [1.82, 2.24) is 9.62 Å². The number of hydrogen-bond donors (Lipinski definition) is 2. The van der Waals surface area contributed by atoms with Crippen molar-refractivity contribution in [2.75, 3.05) is 19.6 Å². The molecule has 2 unspecified atom stereocenters. The Hall–Kier alpha value is -1.15. The molecule has 6 nitrogen and oxygen atoms in total. The van der Waals surface area contributed by atoms with Gasteiger partial charge < -0.3 is 11.1 Å². The van der Waals surface area contributed by atoms with Gasteiger partial charge in [0, 0.05) is 25.6 Å². The van der Waals surface area contributed by atoms with Gasteiger partial charge in [-0.15, -0.1) is 12.4 Å². The van der Waals surface area contributed by atoms with E-state index in [4.69, 9.17) is 5.73 Å². The molecule has 1 saturated heterocycles. The van der Waals surface area contributed by atoms with Crippen LogP contribution in [0.3, 0.4) is 0 Å². The SMILES string of the molecule is Cl.NCC1CCCC1NC(=O)CCc1ccc(S(=O)(=O)N2CCCC2)cc1. The van der Waals surface area contributed by atoms with E-state index in [-0.39, 0.29) is 24.4 Å². The first-order valence-electron chi connectivity index (χ1n) is 9.59. The number of nitrogens with one attached hydrogen (secondary N) is 1. The van der Waals surface area contributed by atoms with Crippen LogP contribution in [0.1, 0.15) is 44.1 Å². The van der Waals surface area contributed by atoms with Crippen molar-refractivity contribution < 1.29 is 13.2 Å². The number of amides is 1. The molecular weight excluding hydrogens is 386 g/mol. The first kappa shape index (κ1) is 22.1. The Labute approximate surface area is 168 Å². The third kappa shape index (κ3) is 5.44. The van der Waals surface area contributed by atoms with Gasteiger partial charge in [-0.2, -0.15) is 4.31 Å². The van der Waals surface area contributed by atoms with E-state index in [0.717, 1.165) is 37.7 Å². The molecule has 1 amide bonds. The number of aryl methyl sites for hydroxylation is 1. The van der Waals surface area contributed by atoms with E-state index in [9.17, 15) is 13.2 Å². The molecule has 1 aliphatic heterocycles. The number of halogens is 1. The second kappa shape index (κ2) is 9.87. The fourth-order valence-corrected chi connectivity index (χ4v) is 5.47. The fraction of sp³-hybridized carbons (Fsp3) is 0.632. The van der Waals surface area contributed by atoms with Crippen LogP contribution in [0.5, 0.6) is 0 Å². The summed E-state index contributed by atoms with van der Waals surface area (Å²) < 4.78 is 26.6. The number of benzene rings is 1. The van der Waals surface area contributed by atoms with Gasteiger partial charge in [-0.05, 0) is 62.3 Å². The molecule has 0 aromatic heterocycles. The number of nitrogens with two attached hydrogens (primary N) is 1. The van der Waals surface area contributed by atoms with Crippen LogP contribution in [-0.2, 0) is 21.2 Å². The van der Waals surface area contributed by atoms with E-state index in [1.165, 1.54) is 0 Å². The van der Waals surface area contributed by atoms with Crippen LogP contribution >= 0.6 is 12.4 Å². The van der Waals surface area contributed by atoms with E-state index in [0.29, 0.717) is 43.3 Å². The van der Waals surface area contributed by atoms with Crippen LogP contribution < -0.4 is 11.1 Å². The number of hydrogen-bond acceptors (Lipinski definition) is 4. The number of sulfonamides is 1. The molecule has 1 heterocycles. The predicted octanol–water partition coefficient (Wildman–Crippen LogP) is 2.07. The molecule has 0 radical (unpaired) electrons. The first-order chi connectivity index (χ1) is 12.5. The van der Waals surface area contributed by atoms with Crippen LogP contribution in [0.25, 0.3) is 0 Å². The van der Waals surface area contributed by atoms with E-state index < -0.39 is 10.0 Å². The van der Waals surface area contributed by atoms with Gasteiger partial charge in [0.15, 0.2) is 0 Å². The summed E-state index contributed by atoms with van der Waals surface area (Å²) in [5.41, 5.74) is 6.73. The quantitative estimate of drug-likeness (QED) is 0.712. The van der Waals surface area contributed by atoms with Crippen molar-refractivity contribution >= 4 is 28.3 Å². The molecule has 0 bridgehead atoms. The van der Waals surface area contributed by atoms with Crippen LogP contribution in [0, 0.1) is 5.92 Å². The van der Waals surface area contributed by atoms with Crippen LogP contribution in [-0.4, -0.2) is 44.3 Å². The number of carbonyl (C=O) groups is 1. The summed E-state index contributed by atoms with van der Waals surface area (Å²) in [7, 11) is -3.37. The Bertz CT molecular complexity index is 718. The van der Waals surface area contributed by atoms with Crippen LogP contribution in [0.2, 0.25) is 0 Å². The molecular formula is C19H30ClN3O3S. The minimum atomic E-state index is -3.37. The highest BCUT2D eigenvalue weighted by atomic mass is 35.5. The van der Waals surface area contributed by atoms with Gasteiger partial charge in [0.1, 0.15) is 0 Å². The molecule has 2 fully saturated rings. The third-order valence-corrected chi connectivity index (χ3v) is 7.49. The molecule has 3 N–H and O–H groups in total. The Morgan fingerprint density at radius 1 is 1.11 bits per heavy atom. The monoisotopic (exact) mass is 415 g/mol. The smallest absolute Gasteiger partial charge is 0.243 e. The van der Waals surface area contributed by atoms with E-state index in [1.54, 1.807) is 16.4 Å². The zero-order chi connectivity index (χ0) is 18.6. The van der Waals surface area contributed by atoms with Gasteiger partial charge in [-0.1, -0.05) is 18.6 Å². The minimum Gasteiger partial charge on any atom is -0.353 e. The second-order valence-electron chi connectivity index (χ2n) is 7.36. The number of nitrogens with zero attached hydrogens (tertiary/aromatic N) is 1. The highest BCUT2D eigenvalue weighted by molar-refractivity contribution is 7.89. The summed E-state index contributed by atoms with van der Waals surface area (Å²) in [6.45, 7) is 1.84. The Morgan fingerprint density at radius 2 is 1.78 bits per heavy atom. The van der Waals surface area contributed by atoms with E-state index in [2.05, 4.69) is 5.32 Å². The van der Waals surface area contributed by atoms with Gasteiger partial charge >= 0.3 is 0 Å². The third-order valence-electron chi connectivity index (χ3n) is 5.58. The second-order valence-corrected chi connectivity index (χ2v) is 9.29. The molecule has 1 aromatic rings. The Kier molecular flexibility index (Phi) is 8.09. The summed E-state index contributed by atoms with van der Waals surface area (Å²) in [5, 5.41) is 3.10. The van der Waals surface area contributed by atoms with Crippen molar-refractivity contribution in [3.8, 4) is 0 Å². The van der Waals surface area contributed by atoms with Crippen LogP contribution in [0.15, 0.2) is 29.2 Å². The molecule has 27 heavy (non-hydrogen) atoms. The zero-order valence-electron chi connectivity index (χ0n) is 15.6. The highest BCUT2D eigenvalue weighted by Crippen LogP contribution is 2.25. The maximum atomic E-state index is 12.5. The lowest BCUT2D eigenvalue weighted by molar-refractivity contribution is -0.122. The van der Waals surface area contributed by atoms with E-state index in [1.807, 2.05) is 12.1 Å². The Balaban J connectivity index is 0.00000261. The lowest BCUT2D eigenvalue weighted by Crippen LogP contribution is -2.39. The average molecular weight is 416 g/mol. The summed E-state index contributed by atoms with van der Waals surface area (Å²) in [4.78, 5) is 12.5. The number of carbonyl (C=O) groups excluding carboxylic acids is 1. The standard InChI is InChI=1S/C19H29N3O3S.ClH/c20-14-16-4-3-5-18(16)21-19(23)11-8-15-6-9-17(10-7-15)26(24,25)22-12-1-2-13-22;/h6-7,9-10,16,18H,1-5,8,11-14,20H2,(H,21,23);1H.